The number of benzene rings is 3. The number of likely N-dealkylation sites (N-methyl/N-ethyl adjacent to an activating group) is 1. The van der Waals surface area contributed by atoms with Crippen molar-refractivity contribution in [2.45, 2.75) is 20.8 Å². The van der Waals surface area contributed by atoms with Crippen LogP contribution in [0.1, 0.15) is 19.4 Å². The van der Waals surface area contributed by atoms with E-state index < -0.39 is 0 Å². The first kappa shape index (κ1) is 29.1. The molecule has 5 rings (SSSR count). The Kier molecular flexibility index (Phi) is 11.9. The van der Waals surface area contributed by atoms with Crippen molar-refractivity contribution in [3.63, 3.8) is 0 Å². The summed E-state index contributed by atoms with van der Waals surface area (Å²) in [6.45, 7) is 14.4. The van der Waals surface area contributed by atoms with E-state index in [0.717, 1.165) is 53.9 Å². The number of nitrogens with zero attached hydrogens (tertiary/aromatic N) is 4. The summed E-state index contributed by atoms with van der Waals surface area (Å²) in [5.41, 5.74) is 6.73. The lowest BCUT2D eigenvalue weighted by atomic mass is 10.0. The van der Waals surface area contributed by atoms with Crippen LogP contribution in [0, 0.1) is 6.92 Å². The van der Waals surface area contributed by atoms with Crippen molar-refractivity contribution in [1.29, 1.82) is 0 Å². The molecule has 0 spiro atoms. The zero-order valence-electron chi connectivity index (χ0n) is 22.3. The van der Waals surface area contributed by atoms with Crippen LogP contribution in [0.4, 0.5) is 17.3 Å². The molecule has 0 atom stereocenters. The van der Waals surface area contributed by atoms with Gasteiger partial charge in [-0.05, 0) is 37.7 Å². The van der Waals surface area contributed by atoms with Crippen LogP contribution in [0.3, 0.4) is 0 Å². The van der Waals surface area contributed by atoms with Gasteiger partial charge >= 0.3 is 0 Å². The Morgan fingerprint density at radius 2 is 1.49 bits per heavy atom. The van der Waals surface area contributed by atoms with Crippen molar-refractivity contribution in [2.24, 2.45) is 0 Å². The number of piperazine rings is 1. The van der Waals surface area contributed by atoms with E-state index in [1.165, 1.54) is 11.3 Å². The molecular formula is C30H37N5O2. The summed E-state index contributed by atoms with van der Waals surface area (Å²) in [4.78, 5) is 30.2. The molecule has 2 heterocycles. The molecule has 1 N–H and O–H groups in total. The van der Waals surface area contributed by atoms with Gasteiger partial charge in [0.05, 0.1) is 5.52 Å². The first-order valence-electron chi connectivity index (χ1n) is 12.4. The van der Waals surface area contributed by atoms with Gasteiger partial charge in [-0.1, -0.05) is 67.9 Å². The normalized spacial score (nSPS) is 12.7. The number of rotatable bonds is 4. The van der Waals surface area contributed by atoms with Crippen molar-refractivity contribution in [3.05, 3.63) is 78.5 Å². The van der Waals surface area contributed by atoms with Crippen LogP contribution < -0.4 is 10.2 Å². The van der Waals surface area contributed by atoms with Crippen LogP contribution in [0.5, 0.6) is 0 Å². The number of nitrogens with one attached hydrogen (secondary N) is 1. The van der Waals surface area contributed by atoms with Crippen LogP contribution in [-0.2, 0) is 9.59 Å². The topological polar surface area (TPSA) is 78.4 Å². The lowest BCUT2D eigenvalue weighted by molar-refractivity contribution is -0.0987. The molecule has 0 radical (unpaired) electrons. The van der Waals surface area contributed by atoms with E-state index in [9.17, 15) is 0 Å². The molecule has 7 heteroatoms. The maximum atomic E-state index is 8.00. The van der Waals surface area contributed by atoms with Gasteiger partial charge in [0.25, 0.3) is 0 Å². The van der Waals surface area contributed by atoms with Crippen LogP contribution in [0.15, 0.2) is 72.9 Å². The maximum absolute atomic E-state index is 8.00. The number of hydrogen-bond donors (Lipinski definition) is 1. The predicted molar refractivity (Wildman–Crippen MR) is 155 cm³/mol. The molecule has 1 fully saturated rings. The third kappa shape index (κ3) is 7.69. The molecule has 4 aromatic rings. The summed E-state index contributed by atoms with van der Waals surface area (Å²) in [6, 6.07) is 23.3. The quantitative estimate of drug-likeness (QED) is 0.383. The van der Waals surface area contributed by atoms with Crippen molar-refractivity contribution in [3.8, 4) is 11.1 Å². The van der Waals surface area contributed by atoms with Gasteiger partial charge in [0.2, 0.25) is 5.95 Å². The van der Waals surface area contributed by atoms with Crippen molar-refractivity contribution in [1.82, 2.24) is 14.9 Å². The number of hydrogen-bond acceptors (Lipinski definition) is 7. The fraction of sp³-hybridized carbons (Fsp3) is 0.267. The monoisotopic (exact) mass is 499 g/mol. The second-order valence-electron chi connectivity index (χ2n) is 8.27. The Morgan fingerprint density at radius 1 is 0.838 bits per heavy atom. The zero-order valence-corrected chi connectivity index (χ0v) is 22.3. The SMILES string of the molecule is C=O.C=O.CC.Cc1ccc(-c2cccc3cnc(Nc4cccc(N5CCN(C)CC5)c4)nc23)cc1. The number of para-hydroxylation sites is 1. The van der Waals surface area contributed by atoms with E-state index in [4.69, 9.17) is 14.6 Å². The third-order valence-electron chi connectivity index (χ3n) is 5.94. The molecular weight excluding hydrogens is 462 g/mol. The zero-order chi connectivity index (χ0) is 27.2. The van der Waals surface area contributed by atoms with E-state index in [-0.39, 0.29) is 0 Å². The highest BCUT2D eigenvalue weighted by atomic mass is 16.1. The van der Waals surface area contributed by atoms with Gasteiger partial charge in [0.1, 0.15) is 13.6 Å². The molecule has 0 unspecified atom stereocenters. The minimum atomic E-state index is 0.614. The Labute approximate surface area is 220 Å². The number of aromatic nitrogens is 2. The third-order valence-corrected chi connectivity index (χ3v) is 5.94. The minimum Gasteiger partial charge on any atom is -0.369 e. The highest BCUT2D eigenvalue weighted by Gasteiger charge is 2.14. The molecule has 1 aliphatic heterocycles. The standard InChI is InChI=1S/C26H27N5.C2H6.2CH2O/c1-19-9-11-20(12-10-19)24-8-3-5-21-18-27-26(29-25(21)24)28-22-6-4-7-23(17-22)31-15-13-30(2)14-16-31;3*1-2/h3-12,17-18H,13-16H2,1-2H3,(H,27,28,29);1-2H3;2*1H2. The molecule has 7 nitrogen and oxygen atoms in total. The average Bonchev–Trinajstić information content (AvgIpc) is 2.97. The van der Waals surface area contributed by atoms with Crippen molar-refractivity contribution >= 4 is 41.8 Å². The van der Waals surface area contributed by atoms with E-state index in [0.29, 0.717) is 5.95 Å². The Balaban J connectivity index is 0.000000750. The van der Waals surface area contributed by atoms with Gasteiger partial charge in [-0.2, -0.15) is 0 Å². The van der Waals surface area contributed by atoms with Crippen molar-refractivity contribution in [2.75, 3.05) is 43.4 Å². The molecule has 37 heavy (non-hydrogen) atoms. The number of anilines is 3. The van der Waals surface area contributed by atoms with Crippen LogP contribution >= 0.6 is 0 Å². The maximum Gasteiger partial charge on any atom is 0.227 e. The molecule has 0 saturated carbocycles. The summed E-state index contributed by atoms with van der Waals surface area (Å²) in [7, 11) is 2.18. The van der Waals surface area contributed by atoms with E-state index in [1.807, 2.05) is 33.6 Å². The largest absolute Gasteiger partial charge is 0.369 e. The van der Waals surface area contributed by atoms with E-state index in [2.05, 4.69) is 101 Å². The van der Waals surface area contributed by atoms with Gasteiger partial charge in [-0.25, -0.2) is 9.97 Å². The Bertz CT molecular complexity index is 1240. The van der Waals surface area contributed by atoms with Crippen molar-refractivity contribution < 1.29 is 9.59 Å². The summed E-state index contributed by atoms with van der Waals surface area (Å²) in [5.74, 6) is 0.614. The fourth-order valence-corrected chi connectivity index (χ4v) is 4.06. The number of aryl methyl sites for hydroxylation is 1. The fourth-order valence-electron chi connectivity index (χ4n) is 4.06. The number of carbonyl (C=O) groups is 2. The summed E-state index contributed by atoms with van der Waals surface area (Å²) >= 11 is 0. The summed E-state index contributed by atoms with van der Waals surface area (Å²) < 4.78 is 0. The second-order valence-corrected chi connectivity index (χ2v) is 8.27. The predicted octanol–water partition coefficient (Wildman–Crippen LogP) is 5.76. The molecule has 0 aliphatic carbocycles. The number of fused-ring (bicyclic) bond motifs is 1. The highest BCUT2D eigenvalue weighted by Crippen LogP contribution is 2.29. The smallest absolute Gasteiger partial charge is 0.227 e. The molecule has 0 bridgehead atoms. The Hall–Kier alpha value is -4.10. The van der Waals surface area contributed by atoms with Gasteiger partial charge in [0, 0.05) is 54.7 Å². The molecule has 1 aromatic heterocycles. The summed E-state index contributed by atoms with van der Waals surface area (Å²) in [6.07, 6.45) is 1.90. The lowest BCUT2D eigenvalue weighted by Gasteiger charge is -2.34. The van der Waals surface area contributed by atoms with Gasteiger partial charge in [-0.3, -0.25) is 0 Å². The molecule has 1 aliphatic rings. The minimum absolute atomic E-state index is 0.614. The molecule has 3 aromatic carbocycles. The van der Waals surface area contributed by atoms with Crippen LogP contribution in [0.2, 0.25) is 0 Å². The second kappa shape index (κ2) is 15.1. The van der Waals surface area contributed by atoms with E-state index >= 15 is 0 Å². The van der Waals surface area contributed by atoms with Crippen LogP contribution in [-0.4, -0.2) is 61.7 Å². The molecule has 1 saturated heterocycles. The van der Waals surface area contributed by atoms with Gasteiger partial charge in [0.15, 0.2) is 0 Å². The average molecular weight is 500 g/mol. The number of carbonyl (C=O) groups excluding carboxylic acids is 2. The summed E-state index contributed by atoms with van der Waals surface area (Å²) in [5, 5.41) is 4.45. The highest BCUT2D eigenvalue weighted by molar-refractivity contribution is 5.93. The molecule has 194 valence electrons. The van der Waals surface area contributed by atoms with Gasteiger partial charge < -0.3 is 24.7 Å². The Morgan fingerprint density at radius 3 is 2.16 bits per heavy atom. The lowest BCUT2D eigenvalue weighted by Crippen LogP contribution is -2.44. The van der Waals surface area contributed by atoms with Gasteiger partial charge in [-0.15, -0.1) is 0 Å². The van der Waals surface area contributed by atoms with E-state index in [1.54, 1.807) is 0 Å². The van der Waals surface area contributed by atoms with Crippen LogP contribution in [0.25, 0.3) is 22.0 Å². The first-order valence-corrected chi connectivity index (χ1v) is 12.4. The molecule has 0 amide bonds. The first-order chi connectivity index (χ1) is 18.2.